The molecule has 0 unspecified atom stereocenters. The summed E-state index contributed by atoms with van der Waals surface area (Å²) in [6.45, 7) is 15.1. The molecule has 29 heavy (non-hydrogen) atoms. The van der Waals surface area contributed by atoms with Crippen molar-refractivity contribution in [1.82, 2.24) is 0 Å². The molecule has 5 fully saturated rings. The predicted molar refractivity (Wildman–Crippen MR) is 118 cm³/mol. The summed E-state index contributed by atoms with van der Waals surface area (Å²) >= 11 is 0. The van der Waals surface area contributed by atoms with Crippen LogP contribution < -0.4 is 0 Å². The molecule has 0 aromatic carbocycles. The highest BCUT2D eigenvalue weighted by Gasteiger charge is 2.74. The lowest BCUT2D eigenvalue weighted by molar-refractivity contribution is -0.199. The Morgan fingerprint density at radius 3 is 2.38 bits per heavy atom. The van der Waals surface area contributed by atoms with Crippen LogP contribution in [0, 0.1) is 63.6 Å². The van der Waals surface area contributed by atoms with E-state index >= 15 is 0 Å². The van der Waals surface area contributed by atoms with E-state index in [2.05, 4.69) is 41.5 Å². The van der Waals surface area contributed by atoms with Gasteiger partial charge in [-0.15, -0.1) is 0 Å². The van der Waals surface area contributed by atoms with E-state index in [0.29, 0.717) is 28.8 Å². The minimum atomic E-state index is -0.421. The molecule has 0 aliphatic heterocycles. The van der Waals surface area contributed by atoms with Crippen molar-refractivity contribution in [3.8, 4) is 0 Å². The SMILES string of the molecule is CC[C@]1(O)CC[C@]2(C)[C@H]3CC[C@@]4(C)[C@H]([C@@H]3CC[C@@]2(C)C1)[C@@H]1[C@H](C)[C@@H]1[C@@H]4[C@H](C)CO. The Bertz CT molecular complexity index is 675. The van der Waals surface area contributed by atoms with Gasteiger partial charge in [0.1, 0.15) is 0 Å². The number of fused-ring (bicyclic) bond motifs is 7. The van der Waals surface area contributed by atoms with Crippen LogP contribution in [-0.4, -0.2) is 22.4 Å². The molecular weight excluding hydrogens is 356 g/mol. The Kier molecular flexibility index (Phi) is 4.48. The molecule has 0 saturated heterocycles. The van der Waals surface area contributed by atoms with E-state index in [1.165, 1.54) is 32.1 Å². The van der Waals surface area contributed by atoms with Crippen molar-refractivity contribution in [1.29, 1.82) is 0 Å². The van der Waals surface area contributed by atoms with Gasteiger partial charge in [0.2, 0.25) is 0 Å². The average Bonchev–Trinajstić information content (AvgIpc) is 3.20. The fourth-order valence-electron chi connectivity index (χ4n) is 10.7. The predicted octanol–water partition coefficient (Wildman–Crippen LogP) is 5.91. The highest BCUT2D eigenvalue weighted by Crippen LogP contribution is 2.79. The lowest BCUT2D eigenvalue weighted by Crippen LogP contribution is -2.61. The standard InChI is InChI=1S/C27H46O2/c1-7-27(29)13-12-26(6)19-9-11-25(5)22(16(2)14-28)20-17(3)21(20)23(25)18(19)8-10-24(26,4)15-27/h16-23,28-29H,7-15H2,1-6H3/t16-,17-,18-,19+,20+,21-,22+,23-,24+,25-,26-,27+/m1/s1. The summed E-state index contributed by atoms with van der Waals surface area (Å²) in [5.74, 6) is 6.48. The molecule has 0 bridgehead atoms. The number of rotatable bonds is 3. The smallest absolute Gasteiger partial charge is 0.0650 e. The van der Waals surface area contributed by atoms with E-state index in [1.54, 1.807) is 0 Å². The lowest BCUT2D eigenvalue weighted by atomic mass is 9.38. The lowest BCUT2D eigenvalue weighted by Gasteiger charge is -2.67. The zero-order valence-corrected chi connectivity index (χ0v) is 19.9. The van der Waals surface area contributed by atoms with Crippen LogP contribution in [0.5, 0.6) is 0 Å². The Labute approximate surface area is 179 Å². The number of hydrogen-bond donors (Lipinski definition) is 2. The summed E-state index contributed by atoms with van der Waals surface area (Å²) in [5, 5.41) is 21.2. The van der Waals surface area contributed by atoms with E-state index in [0.717, 1.165) is 60.7 Å². The Hall–Kier alpha value is -0.0800. The molecule has 5 aliphatic rings. The van der Waals surface area contributed by atoms with Crippen molar-refractivity contribution in [2.24, 2.45) is 63.6 Å². The molecule has 5 rings (SSSR count). The van der Waals surface area contributed by atoms with Gasteiger partial charge in [0.25, 0.3) is 0 Å². The molecule has 0 aromatic rings. The van der Waals surface area contributed by atoms with Gasteiger partial charge in [-0.25, -0.2) is 0 Å². The van der Waals surface area contributed by atoms with Crippen LogP contribution in [0.4, 0.5) is 0 Å². The second-order valence-corrected chi connectivity index (χ2v) is 13.3. The van der Waals surface area contributed by atoms with Gasteiger partial charge < -0.3 is 10.2 Å². The van der Waals surface area contributed by atoms with Gasteiger partial charge in [-0.1, -0.05) is 41.5 Å². The summed E-state index contributed by atoms with van der Waals surface area (Å²) in [7, 11) is 0. The molecule has 12 atom stereocenters. The average molecular weight is 403 g/mol. The first-order chi connectivity index (χ1) is 13.6. The third kappa shape index (κ3) is 2.48. The van der Waals surface area contributed by atoms with Crippen molar-refractivity contribution in [3.05, 3.63) is 0 Å². The van der Waals surface area contributed by atoms with Crippen molar-refractivity contribution in [2.75, 3.05) is 6.61 Å². The van der Waals surface area contributed by atoms with Gasteiger partial charge in [0, 0.05) is 6.61 Å². The van der Waals surface area contributed by atoms with Crippen LogP contribution in [0.1, 0.15) is 92.9 Å². The van der Waals surface area contributed by atoms with Crippen LogP contribution >= 0.6 is 0 Å². The third-order valence-electron chi connectivity index (χ3n) is 12.5. The molecule has 2 nitrogen and oxygen atoms in total. The van der Waals surface area contributed by atoms with Crippen LogP contribution in [0.3, 0.4) is 0 Å². The zero-order chi connectivity index (χ0) is 21.0. The van der Waals surface area contributed by atoms with Crippen molar-refractivity contribution >= 4 is 0 Å². The summed E-state index contributed by atoms with van der Waals surface area (Å²) in [6, 6.07) is 0. The zero-order valence-electron chi connectivity index (χ0n) is 19.9. The Morgan fingerprint density at radius 1 is 1.00 bits per heavy atom. The van der Waals surface area contributed by atoms with Gasteiger partial charge in [-0.3, -0.25) is 0 Å². The Balaban J connectivity index is 1.48. The number of aliphatic hydroxyl groups is 2. The summed E-state index contributed by atoms with van der Waals surface area (Å²) in [5.41, 5.74) is 0.728. The normalized spacial score (nSPS) is 61.9. The second-order valence-electron chi connectivity index (χ2n) is 13.3. The molecule has 2 N–H and O–H groups in total. The summed E-state index contributed by atoms with van der Waals surface area (Å²) in [4.78, 5) is 0. The highest BCUT2D eigenvalue weighted by molar-refractivity contribution is 5.22. The molecule has 166 valence electrons. The molecular formula is C27H46O2. The molecule has 5 saturated carbocycles. The summed E-state index contributed by atoms with van der Waals surface area (Å²) < 4.78 is 0. The van der Waals surface area contributed by atoms with Crippen LogP contribution in [0.25, 0.3) is 0 Å². The number of aliphatic hydroxyl groups excluding tert-OH is 1. The maximum Gasteiger partial charge on any atom is 0.0650 e. The molecule has 0 radical (unpaired) electrons. The quantitative estimate of drug-likeness (QED) is 0.616. The molecule has 0 amide bonds. The van der Waals surface area contributed by atoms with Gasteiger partial charge in [0.15, 0.2) is 0 Å². The third-order valence-corrected chi connectivity index (χ3v) is 12.5. The molecule has 0 heterocycles. The van der Waals surface area contributed by atoms with E-state index in [1.807, 2.05) is 0 Å². The van der Waals surface area contributed by atoms with Crippen molar-refractivity contribution in [2.45, 2.75) is 98.5 Å². The van der Waals surface area contributed by atoms with Gasteiger partial charge >= 0.3 is 0 Å². The van der Waals surface area contributed by atoms with E-state index in [-0.39, 0.29) is 0 Å². The van der Waals surface area contributed by atoms with Crippen LogP contribution in [0.2, 0.25) is 0 Å². The van der Waals surface area contributed by atoms with E-state index in [9.17, 15) is 10.2 Å². The second kappa shape index (κ2) is 6.25. The maximum atomic E-state index is 11.2. The maximum absolute atomic E-state index is 11.2. The van der Waals surface area contributed by atoms with Gasteiger partial charge in [-0.05, 0) is 115 Å². The van der Waals surface area contributed by atoms with E-state index < -0.39 is 5.60 Å². The first-order valence-corrected chi connectivity index (χ1v) is 12.9. The minimum absolute atomic E-state index is 0.301. The van der Waals surface area contributed by atoms with Crippen molar-refractivity contribution < 1.29 is 10.2 Å². The highest BCUT2D eigenvalue weighted by atomic mass is 16.3. The molecule has 0 spiro atoms. The minimum Gasteiger partial charge on any atom is -0.396 e. The summed E-state index contributed by atoms with van der Waals surface area (Å²) in [6.07, 6.45) is 9.61. The van der Waals surface area contributed by atoms with Gasteiger partial charge in [0.05, 0.1) is 5.60 Å². The molecule has 5 aliphatic carbocycles. The topological polar surface area (TPSA) is 40.5 Å². The van der Waals surface area contributed by atoms with Crippen LogP contribution in [0.15, 0.2) is 0 Å². The van der Waals surface area contributed by atoms with Crippen molar-refractivity contribution in [3.63, 3.8) is 0 Å². The largest absolute Gasteiger partial charge is 0.396 e. The fraction of sp³-hybridized carbons (Fsp3) is 1.00. The van der Waals surface area contributed by atoms with E-state index in [4.69, 9.17) is 0 Å². The molecule has 2 heteroatoms. The Morgan fingerprint density at radius 2 is 1.72 bits per heavy atom. The monoisotopic (exact) mass is 402 g/mol. The number of hydrogen-bond acceptors (Lipinski definition) is 2. The fourth-order valence-corrected chi connectivity index (χ4v) is 10.7. The first-order valence-electron chi connectivity index (χ1n) is 12.9. The van der Waals surface area contributed by atoms with Crippen LogP contribution in [-0.2, 0) is 0 Å². The molecule has 0 aromatic heterocycles. The van der Waals surface area contributed by atoms with Gasteiger partial charge in [-0.2, -0.15) is 0 Å². The first kappa shape index (κ1) is 20.8.